The Labute approximate surface area is 91.7 Å². The van der Waals surface area contributed by atoms with Gasteiger partial charge in [0.2, 0.25) is 0 Å². The van der Waals surface area contributed by atoms with E-state index in [1.54, 1.807) is 13.0 Å². The smallest absolute Gasteiger partial charge is 0.256 e. The van der Waals surface area contributed by atoms with Gasteiger partial charge in [0.1, 0.15) is 17.7 Å². The number of benzene rings is 1. The van der Waals surface area contributed by atoms with E-state index in [9.17, 15) is 9.90 Å². The molecule has 0 aliphatic carbocycles. The first-order chi connectivity index (χ1) is 7.66. The summed E-state index contributed by atoms with van der Waals surface area (Å²) in [6.07, 6.45) is 2.75. The van der Waals surface area contributed by atoms with Gasteiger partial charge in [0.05, 0.1) is 6.20 Å². The standard InChI is InChI=1S/C11H10N2O3/c1-7-4-9(14)2-3-10(7)11(15)13-8-5-12-16-6-8/h2-6,14H,1H3,(H,13,15). The second kappa shape index (κ2) is 4.06. The second-order valence-corrected chi connectivity index (χ2v) is 3.37. The maximum atomic E-state index is 11.8. The van der Waals surface area contributed by atoms with Crippen LogP contribution in [-0.2, 0) is 0 Å². The van der Waals surface area contributed by atoms with E-state index in [0.717, 1.165) is 0 Å². The lowest BCUT2D eigenvalue weighted by atomic mass is 10.1. The molecule has 0 aliphatic rings. The molecule has 1 heterocycles. The van der Waals surface area contributed by atoms with Gasteiger partial charge in [0.15, 0.2) is 0 Å². The summed E-state index contributed by atoms with van der Waals surface area (Å²) in [4.78, 5) is 11.8. The van der Waals surface area contributed by atoms with Gasteiger partial charge in [0, 0.05) is 5.56 Å². The van der Waals surface area contributed by atoms with Crippen molar-refractivity contribution in [2.45, 2.75) is 6.92 Å². The Balaban J connectivity index is 2.21. The summed E-state index contributed by atoms with van der Waals surface area (Å²) in [5, 5.41) is 15.3. The number of nitrogens with one attached hydrogen (secondary N) is 1. The normalized spacial score (nSPS) is 10.1. The summed E-state index contributed by atoms with van der Waals surface area (Å²) in [6, 6.07) is 4.56. The summed E-state index contributed by atoms with van der Waals surface area (Å²) in [7, 11) is 0. The third-order valence-electron chi connectivity index (χ3n) is 2.14. The van der Waals surface area contributed by atoms with Crippen molar-refractivity contribution in [2.75, 3.05) is 5.32 Å². The van der Waals surface area contributed by atoms with E-state index in [4.69, 9.17) is 0 Å². The van der Waals surface area contributed by atoms with Crippen LogP contribution in [-0.4, -0.2) is 16.2 Å². The lowest BCUT2D eigenvalue weighted by Crippen LogP contribution is -2.12. The van der Waals surface area contributed by atoms with Crippen LogP contribution in [0.1, 0.15) is 15.9 Å². The Morgan fingerprint density at radius 2 is 2.31 bits per heavy atom. The van der Waals surface area contributed by atoms with Gasteiger partial charge in [0.25, 0.3) is 5.91 Å². The van der Waals surface area contributed by atoms with Gasteiger partial charge in [-0.1, -0.05) is 5.16 Å². The van der Waals surface area contributed by atoms with Crippen LogP contribution in [0.3, 0.4) is 0 Å². The van der Waals surface area contributed by atoms with Crippen molar-refractivity contribution in [1.29, 1.82) is 0 Å². The number of hydrogen-bond donors (Lipinski definition) is 2. The third-order valence-corrected chi connectivity index (χ3v) is 2.14. The average Bonchev–Trinajstić information content (AvgIpc) is 2.70. The molecule has 5 nitrogen and oxygen atoms in total. The highest BCUT2D eigenvalue weighted by atomic mass is 16.5. The molecule has 2 aromatic rings. The van der Waals surface area contributed by atoms with Gasteiger partial charge in [-0.15, -0.1) is 0 Å². The highest BCUT2D eigenvalue weighted by Crippen LogP contribution is 2.17. The van der Waals surface area contributed by atoms with Crippen LogP contribution >= 0.6 is 0 Å². The molecular weight excluding hydrogens is 208 g/mol. The van der Waals surface area contributed by atoms with Crippen LogP contribution < -0.4 is 5.32 Å². The first kappa shape index (κ1) is 10.2. The summed E-state index contributed by atoms with van der Waals surface area (Å²) in [6.45, 7) is 1.75. The maximum absolute atomic E-state index is 11.8. The zero-order chi connectivity index (χ0) is 11.5. The predicted octanol–water partition coefficient (Wildman–Crippen LogP) is 1.94. The molecule has 0 unspecified atom stereocenters. The van der Waals surface area contributed by atoms with Crippen LogP contribution in [0.5, 0.6) is 5.75 Å². The van der Waals surface area contributed by atoms with Crippen LogP contribution in [0.25, 0.3) is 0 Å². The van der Waals surface area contributed by atoms with Crippen molar-refractivity contribution in [1.82, 2.24) is 5.16 Å². The molecule has 0 radical (unpaired) electrons. The molecule has 82 valence electrons. The summed E-state index contributed by atoms with van der Waals surface area (Å²) in [5.41, 5.74) is 1.70. The SMILES string of the molecule is Cc1cc(O)ccc1C(=O)Nc1cnoc1. The molecule has 16 heavy (non-hydrogen) atoms. The summed E-state index contributed by atoms with van der Waals surface area (Å²) in [5.74, 6) is -0.125. The minimum absolute atomic E-state index is 0.138. The Hall–Kier alpha value is -2.30. The lowest BCUT2D eigenvalue weighted by Gasteiger charge is -2.05. The largest absolute Gasteiger partial charge is 0.508 e. The number of carbonyl (C=O) groups is 1. The lowest BCUT2D eigenvalue weighted by molar-refractivity contribution is 0.102. The molecule has 0 atom stereocenters. The van der Waals surface area contributed by atoms with Gasteiger partial charge in [-0.25, -0.2) is 0 Å². The number of aromatic nitrogens is 1. The Morgan fingerprint density at radius 3 is 2.94 bits per heavy atom. The highest BCUT2D eigenvalue weighted by molar-refractivity contribution is 6.05. The average molecular weight is 218 g/mol. The fourth-order valence-corrected chi connectivity index (χ4v) is 1.37. The molecule has 0 fully saturated rings. The summed E-state index contributed by atoms with van der Waals surface area (Å²) < 4.78 is 4.60. The number of carbonyl (C=O) groups excluding carboxylic acids is 1. The van der Waals surface area contributed by atoms with Crippen molar-refractivity contribution < 1.29 is 14.4 Å². The van der Waals surface area contributed by atoms with Gasteiger partial charge < -0.3 is 14.9 Å². The quantitative estimate of drug-likeness (QED) is 0.807. The first-order valence-electron chi connectivity index (χ1n) is 4.67. The van der Waals surface area contributed by atoms with Gasteiger partial charge in [-0.3, -0.25) is 4.79 Å². The Bertz CT molecular complexity index is 506. The third kappa shape index (κ3) is 2.03. The molecule has 2 N–H and O–H groups in total. The number of nitrogens with zero attached hydrogens (tertiary/aromatic N) is 1. The predicted molar refractivity (Wildman–Crippen MR) is 57.3 cm³/mol. The van der Waals surface area contributed by atoms with Crippen LogP contribution in [0.4, 0.5) is 5.69 Å². The minimum Gasteiger partial charge on any atom is -0.508 e. The topological polar surface area (TPSA) is 75.4 Å². The zero-order valence-corrected chi connectivity index (χ0v) is 8.60. The monoisotopic (exact) mass is 218 g/mol. The van der Waals surface area contributed by atoms with Crippen LogP contribution in [0, 0.1) is 6.92 Å². The van der Waals surface area contributed by atoms with Gasteiger partial charge in [-0.2, -0.15) is 0 Å². The van der Waals surface area contributed by atoms with E-state index in [2.05, 4.69) is 15.0 Å². The molecule has 1 amide bonds. The van der Waals surface area contributed by atoms with Crippen molar-refractivity contribution in [3.05, 3.63) is 41.8 Å². The van der Waals surface area contributed by atoms with Crippen LogP contribution in [0.2, 0.25) is 0 Å². The van der Waals surface area contributed by atoms with E-state index >= 15 is 0 Å². The number of aryl methyl sites for hydroxylation is 1. The number of rotatable bonds is 2. The number of amides is 1. The van der Waals surface area contributed by atoms with E-state index in [0.29, 0.717) is 16.8 Å². The number of phenols is 1. The van der Waals surface area contributed by atoms with Gasteiger partial charge >= 0.3 is 0 Å². The van der Waals surface area contributed by atoms with Gasteiger partial charge in [-0.05, 0) is 30.7 Å². The van der Waals surface area contributed by atoms with Crippen LogP contribution in [0.15, 0.2) is 35.2 Å². The fourth-order valence-electron chi connectivity index (χ4n) is 1.37. The van der Waals surface area contributed by atoms with E-state index in [-0.39, 0.29) is 11.7 Å². The molecule has 2 rings (SSSR count). The molecular formula is C11H10N2O3. The summed E-state index contributed by atoms with van der Waals surface area (Å²) >= 11 is 0. The number of hydrogen-bond acceptors (Lipinski definition) is 4. The molecule has 0 saturated heterocycles. The van der Waals surface area contributed by atoms with E-state index in [1.165, 1.54) is 24.6 Å². The van der Waals surface area contributed by atoms with E-state index < -0.39 is 0 Å². The molecule has 5 heteroatoms. The van der Waals surface area contributed by atoms with Crippen molar-refractivity contribution >= 4 is 11.6 Å². The minimum atomic E-state index is -0.263. The van der Waals surface area contributed by atoms with Crippen molar-refractivity contribution in [3.8, 4) is 5.75 Å². The Morgan fingerprint density at radius 1 is 1.50 bits per heavy atom. The first-order valence-corrected chi connectivity index (χ1v) is 4.67. The number of anilines is 1. The van der Waals surface area contributed by atoms with Crippen molar-refractivity contribution in [3.63, 3.8) is 0 Å². The maximum Gasteiger partial charge on any atom is 0.256 e. The number of phenolic OH excluding ortho intramolecular Hbond substituents is 1. The molecule has 0 bridgehead atoms. The molecule has 0 saturated carbocycles. The van der Waals surface area contributed by atoms with Crippen molar-refractivity contribution in [2.24, 2.45) is 0 Å². The molecule has 1 aromatic carbocycles. The molecule has 0 aliphatic heterocycles. The fraction of sp³-hybridized carbons (Fsp3) is 0.0909. The zero-order valence-electron chi connectivity index (χ0n) is 8.60. The second-order valence-electron chi connectivity index (χ2n) is 3.37. The van der Waals surface area contributed by atoms with E-state index in [1.807, 2.05) is 0 Å². The highest BCUT2D eigenvalue weighted by Gasteiger charge is 2.10. The number of aromatic hydroxyl groups is 1. The Kier molecular flexibility index (Phi) is 2.59. The molecule has 0 spiro atoms. The molecule has 1 aromatic heterocycles.